The Hall–Kier alpha value is -1.43. The van der Waals surface area contributed by atoms with E-state index in [1.165, 1.54) is 6.33 Å². The van der Waals surface area contributed by atoms with E-state index in [0.29, 0.717) is 6.04 Å². The molecule has 1 aromatic heterocycles. The summed E-state index contributed by atoms with van der Waals surface area (Å²) in [6, 6.07) is 0.837. The fourth-order valence-corrected chi connectivity index (χ4v) is 2.13. The molecule has 6 heteroatoms. The maximum atomic E-state index is 11.7. The van der Waals surface area contributed by atoms with Crippen LogP contribution in [-0.4, -0.2) is 51.2 Å². The van der Waals surface area contributed by atoms with E-state index in [2.05, 4.69) is 39.2 Å². The topological polar surface area (TPSA) is 73.9 Å². The lowest BCUT2D eigenvalue weighted by Crippen LogP contribution is -2.46. The van der Waals surface area contributed by atoms with Crippen LogP contribution in [0.15, 0.2) is 6.33 Å². The van der Waals surface area contributed by atoms with Gasteiger partial charge in [-0.2, -0.15) is 5.10 Å². The van der Waals surface area contributed by atoms with E-state index in [-0.39, 0.29) is 17.8 Å². The van der Waals surface area contributed by atoms with E-state index >= 15 is 0 Å². The zero-order chi connectivity index (χ0) is 12.3. The van der Waals surface area contributed by atoms with Crippen molar-refractivity contribution in [3.05, 3.63) is 12.2 Å². The predicted octanol–water partition coefficient (Wildman–Crippen LogP) is 0.407. The Morgan fingerprint density at radius 3 is 2.76 bits per heavy atom. The molecule has 0 unspecified atom stereocenters. The van der Waals surface area contributed by atoms with Crippen LogP contribution in [0.5, 0.6) is 0 Å². The Balaban J connectivity index is 1.80. The Morgan fingerprint density at radius 1 is 1.53 bits per heavy atom. The van der Waals surface area contributed by atoms with Crippen LogP contribution in [0.2, 0.25) is 0 Å². The predicted molar refractivity (Wildman–Crippen MR) is 63.6 cm³/mol. The monoisotopic (exact) mass is 237 g/mol. The molecule has 1 aliphatic heterocycles. The number of H-pyrrole nitrogens is 1. The smallest absolute Gasteiger partial charge is 0.288 e. The molecule has 0 atom stereocenters. The minimum absolute atomic E-state index is 0.162. The van der Waals surface area contributed by atoms with Crippen LogP contribution in [0.4, 0.5) is 0 Å². The van der Waals surface area contributed by atoms with E-state index in [4.69, 9.17) is 0 Å². The second-order valence-corrected chi connectivity index (χ2v) is 4.71. The number of nitrogens with one attached hydrogen (secondary N) is 2. The van der Waals surface area contributed by atoms with Gasteiger partial charge in [-0.1, -0.05) is 0 Å². The molecule has 1 aliphatic rings. The number of rotatable bonds is 3. The number of carbonyl (C=O) groups excluding carboxylic acids is 1. The van der Waals surface area contributed by atoms with Gasteiger partial charge in [0.05, 0.1) is 0 Å². The van der Waals surface area contributed by atoms with Gasteiger partial charge >= 0.3 is 0 Å². The first-order chi connectivity index (χ1) is 8.16. The van der Waals surface area contributed by atoms with E-state index in [1.807, 2.05) is 0 Å². The van der Waals surface area contributed by atoms with Gasteiger partial charge in [0.1, 0.15) is 6.33 Å². The van der Waals surface area contributed by atoms with Crippen molar-refractivity contribution in [2.45, 2.75) is 38.8 Å². The highest BCUT2D eigenvalue weighted by Gasteiger charge is 2.22. The van der Waals surface area contributed by atoms with Gasteiger partial charge in [-0.05, 0) is 26.7 Å². The molecule has 94 valence electrons. The molecule has 2 heterocycles. The third-order valence-corrected chi connectivity index (χ3v) is 3.23. The van der Waals surface area contributed by atoms with E-state index < -0.39 is 0 Å². The number of amides is 1. The summed E-state index contributed by atoms with van der Waals surface area (Å²) in [4.78, 5) is 18.0. The molecule has 1 aromatic rings. The molecule has 0 bridgehead atoms. The van der Waals surface area contributed by atoms with Crippen molar-refractivity contribution in [2.75, 3.05) is 13.1 Å². The number of aromatic amines is 1. The summed E-state index contributed by atoms with van der Waals surface area (Å²) in [5, 5.41) is 9.22. The van der Waals surface area contributed by atoms with Crippen LogP contribution in [0.3, 0.4) is 0 Å². The lowest BCUT2D eigenvalue weighted by Gasteiger charge is -2.34. The second kappa shape index (κ2) is 5.27. The van der Waals surface area contributed by atoms with Gasteiger partial charge in [-0.15, -0.1) is 0 Å². The van der Waals surface area contributed by atoms with Crippen LogP contribution in [0.25, 0.3) is 0 Å². The summed E-state index contributed by atoms with van der Waals surface area (Å²) >= 11 is 0. The molecular weight excluding hydrogens is 218 g/mol. The maximum absolute atomic E-state index is 11.7. The first-order valence-corrected chi connectivity index (χ1v) is 6.07. The van der Waals surface area contributed by atoms with Gasteiger partial charge in [0.25, 0.3) is 5.91 Å². The van der Waals surface area contributed by atoms with Crippen molar-refractivity contribution >= 4 is 5.91 Å². The Labute approximate surface area is 101 Å². The molecule has 6 nitrogen and oxygen atoms in total. The second-order valence-electron chi connectivity index (χ2n) is 4.71. The average molecular weight is 237 g/mol. The largest absolute Gasteiger partial charge is 0.347 e. The molecule has 1 amide bonds. The van der Waals surface area contributed by atoms with Gasteiger partial charge in [-0.25, -0.2) is 4.98 Å². The number of hydrogen-bond donors (Lipinski definition) is 2. The standard InChI is InChI=1S/C11H19N5O/c1-8(2)16-5-3-9(4-6-16)14-11(17)10-12-7-13-15-10/h7-9H,3-6H2,1-2H3,(H,14,17)(H,12,13,15). The third-order valence-electron chi connectivity index (χ3n) is 3.23. The fourth-order valence-electron chi connectivity index (χ4n) is 2.13. The SMILES string of the molecule is CC(C)N1CCC(NC(=O)c2ncn[nH]2)CC1. The molecule has 0 aromatic carbocycles. The molecule has 0 spiro atoms. The van der Waals surface area contributed by atoms with Crippen molar-refractivity contribution in [1.82, 2.24) is 25.4 Å². The van der Waals surface area contributed by atoms with Crippen LogP contribution in [-0.2, 0) is 0 Å². The molecule has 2 rings (SSSR count). The van der Waals surface area contributed by atoms with Crippen molar-refractivity contribution in [3.63, 3.8) is 0 Å². The van der Waals surface area contributed by atoms with E-state index in [0.717, 1.165) is 25.9 Å². The van der Waals surface area contributed by atoms with E-state index in [1.54, 1.807) is 0 Å². The summed E-state index contributed by atoms with van der Waals surface area (Å²) in [5.41, 5.74) is 0. The van der Waals surface area contributed by atoms with Gasteiger partial charge in [-0.3, -0.25) is 9.89 Å². The number of hydrogen-bond acceptors (Lipinski definition) is 4. The van der Waals surface area contributed by atoms with E-state index in [9.17, 15) is 4.79 Å². The lowest BCUT2D eigenvalue weighted by molar-refractivity contribution is 0.0890. The van der Waals surface area contributed by atoms with Crippen LogP contribution in [0.1, 0.15) is 37.3 Å². The van der Waals surface area contributed by atoms with Gasteiger partial charge in [0.15, 0.2) is 0 Å². The maximum Gasteiger partial charge on any atom is 0.288 e. The molecular formula is C11H19N5O. The molecule has 0 aliphatic carbocycles. The Morgan fingerprint density at radius 2 is 2.24 bits per heavy atom. The number of nitrogens with zero attached hydrogens (tertiary/aromatic N) is 3. The Bertz CT molecular complexity index is 354. The van der Waals surface area contributed by atoms with Gasteiger partial charge in [0, 0.05) is 25.2 Å². The minimum Gasteiger partial charge on any atom is -0.347 e. The summed E-state index contributed by atoms with van der Waals surface area (Å²) in [5.74, 6) is 0.127. The van der Waals surface area contributed by atoms with Crippen molar-refractivity contribution in [2.24, 2.45) is 0 Å². The van der Waals surface area contributed by atoms with Gasteiger partial charge < -0.3 is 10.2 Å². The molecule has 1 saturated heterocycles. The van der Waals surface area contributed by atoms with Crippen LogP contribution >= 0.6 is 0 Å². The first kappa shape index (κ1) is 12.0. The number of likely N-dealkylation sites (tertiary alicyclic amines) is 1. The number of aromatic nitrogens is 3. The van der Waals surface area contributed by atoms with Crippen molar-refractivity contribution in [3.8, 4) is 0 Å². The summed E-state index contributed by atoms with van der Waals surface area (Å²) < 4.78 is 0. The Kier molecular flexibility index (Phi) is 3.73. The lowest BCUT2D eigenvalue weighted by atomic mass is 10.0. The van der Waals surface area contributed by atoms with Crippen molar-refractivity contribution in [1.29, 1.82) is 0 Å². The zero-order valence-corrected chi connectivity index (χ0v) is 10.3. The van der Waals surface area contributed by atoms with Crippen LogP contribution < -0.4 is 5.32 Å². The zero-order valence-electron chi connectivity index (χ0n) is 10.3. The summed E-state index contributed by atoms with van der Waals surface area (Å²) in [6.45, 7) is 6.49. The molecule has 0 saturated carbocycles. The molecule has 0 radical (unpaired) electrons. The highest BCUT2D eigenvalue weighted by Crippen LogP contribution is 2.13. The quantitative estimate of drug-likeness (QED) is 0.798. The van der Waals surface area contributed by atoms with Crippen molar-refractivity contribution < 1.29 is 4.79 Å². The molecule has 17 heavy (non-hydrogen) atoms. The highest BCUT2D eigenvalue weighted by atomic mass is 16.2. The number of carbonyl (C=O) groups is 1. The number of piperidine rings is 1. The summed E-state index contributed by atoms with van der Waals surface area (Å²) in [6.07, 6.45) is 3.34. The normalized spacial score (nSPS) is 18.5. The average Bonchev–Trinajstić information content (AvgIpc) is 2.83. The third kappa shape index (κ3) is 3.03. The van der Waals surface area contributed by atoms with Gasteiger partial charge in [0.2, 0.25) is 5.82 Å². The summed E-state index contributed by atoms with van der Waals surface area (Å²) in [7, 11) is 0. The molecule has 1 fully saturated rings. The van der Waals surface area contributed by atoms with Crippen LogP contribution in [0, 0.1) is 0 Å². The first-order valence-electron chi connectivity index (χ1n) is 6.07. The fraction of sp³-hybridized carbons (Fsp3) is 0.727. The molecule has 2 N–H and O–H groups in total. The minimum atomic E-state index is -0.162. The highest BCUT2D eigenvalue weighted by molar-refractivity contribution is 5.90.